The number of nitrogens with zero attached hydrogens (tertiary/aromatic N) is 2. The molecule has 0 aliphatic rings. The van der Waals surface area contributed by atoms with Gasteiger partial charge >= 0.3 is 0 Å². The molecule has 2 aromatic rings. The smallest absolute Gasteiger partial charge is 0.153 e. The molecule has 1 aromatic heterocycles. The molecule has 1 heterocycles. The van der Waals surface area contributed by atoms with Crippen LogP contribution in [0.1, 0.15) is 10.4 Å². The van der Waals surface area contributed by atoms with Gasteiger partial charge in [-0.15, -0.1) is 0 Å². The Morgan fingerprint density at radius 2 is 2.19 bits per heavy atom. The lowest BCUT2D eigenvalue weighted by Gasteiger charge is -2.08. The second-order valence-corrected chi connectivity index (χ2v) is 3.42. The molecule has 0 amide bonds. The Morgan fingerprint density at radius 3 is 2.75 bits per heavy atom. The number of para-hydroxylation sites is 1. The van der Waals surface area contributed by atoms with E-state index in [1.165, 1.54) is 0 Å². The van der Waals surface area contributed by atoms with Gasteiger partial charge in [-0.2, -0.15) is 5.10 Å². The van der Waals surface area contributed by atoms with E-state index in [-0.39, 0.29) is 0 Å². The van der Waals surface area contributed by atoms with Gasteiger partial charge in [0.2, 0.25) is 0 Å². The summed E-state index contributed by atoms with van der Waals surface area (Å²) < 4.78 is 6.96. The van der Waals surface area contributed by atoms with Gasteiger partial charge in [0.1, 0.15) is 5.75 Å². The third-order valence-electron chi connectivity index (χ3n) is 2.37. The van der Waals surface area contributed by atoms with Crippen LogP contribution in [0.4, 0.5) is 0 Å². The summed E-state index contributed by atoms with van der Waals surface area (Å²) >= 11 is 0. The van der Waals surface area contributed by atoms with Crippen molar-refractivity contribution in [2.75, 3.05) is 7.11 Å². The molecule has 82 valence electrons. The summed E-state index contributed by atoms with van der Waals surface area (Å²) in [5, 5.41) is 4.29. The van der Waals surface area contributed by atoms with Gasteiger partial charge in [0.25, 0.3) is 0 Å². The molecule has 16 heavy (non-hydrogen) atoms. The molecule has 4 nitrogen and oxygen atoms in total. The van der Waals surface area contributed by atoms with Crippen molar-refractivity contribution in [1.82, 2.24) is 9.78 Å². The summed E-state index contributed by atoms with van der Waals surface area (Å²) in [6.45, 7) is 0. The number of aromatic nitrogens is 2. The van der Waals surface area contributed by atoms with Crippen molar-refractivity contribution in [3.05, 3.63) is 36.0 Å². The minimum absolute atomic E-state index is 0.533. The molecular weight excluding hydrogens is 204 g/mol. The van der Waals surface area contributed by atoms with Gasteiger partial charge in [0, 0.05) is 18.8 Å². The number of carbonyl (C=O) groups is 1. The summed E-state index contributed by atoms with van der Waals surface area (Å²) in [6.07, 6.45) is 2.63. The Morgan fingerprint density at radius 1 is 1.38 bits per heavy atom. The van der Waals surface area contributed by atoms with Gasteiger partial charge in [-0.1, -0.05) is 6.07 Å². The zero-order valence-corrected chi connectivity index (χ0v) is 9.18. The highest BCUT2D eigenvalue weighted by molar-refractivity contribution is 5.85. The van der Waals surface area contributed by atoms with Crippen molar-refractivity contribution in [2.45, 2.75) is 0 Å². The molecule has 0 N–H and O–H groups in total. The maximum Gasteiger partial charge on any atom is 0.153 e. The van der Waals surface area contributed by atoms with Crippen LogP contribution in [0.15, 0.2) is 30.5 Å². The molecule has 0 aliphatic heterocycles. The summed E-state index contributed by atoms with van der Waals surface area (Å²) in [5.74, 6) is 0.566. The number of carbonyl (C=O) groups excluding carboxylic acids is 1. The van der Waals surface area contributed by atoms with Gasteiger partial charge in [-0.25, -0.2) is 0 Å². The van der Waals surface area contributed by atoms with Gasteiger partial charge in [-0.3, -0.25) is 9.48 Å². The molecule has 1 aromatic carbocycles. The van der Waals surface area contributed by atoms with E-state index in [0.717, 1.165) is 17.5 Å². The molecule has 0 aliphatic carbocycles. The van der Waals surface area contributed by atoms with Gasteiger partial charge in [0.15, 0.2) is 6.29 Å². The first-order valence-electron chi connectivity index (χ1n) is 4.88. The molecule has 2 rings (SSSR count). The van der Waals surface area contributed by atoms with Gasteiger partial charge < -0.3 is 4.74 Å². The molecule has 0 unspecified atom stereocenters. The molecule has 0 saturated carbocycles. The molecule has 0 atom stereocenters. The number of rotatable bonds is 3. The van der Waals surface area contributed by atoms with Gasteiger partial charge in [-0.05, 0) is 18.2 Å². The van der Waals surface area contributed by atoms with Crippen molar-refractivity contribution in [3.8, 4) is 17.0 Å². The standard InChI is InChI=1S/C12H12N2O2/c1-14-7-6-11(13-14)10-5-3-4-9(8-15)12(10)16-2/h3-8H,1-2H3. The Bertz CT molecular complexity index is 517. The molecule has 0 saturated heterocycles. The number of ether oxygens (including phenoxy) is 1. The highest BCUT2D eigenvalue weighted by Gasteiger charge is 2.11. The highest BCUT2D eigenvalue weighted by Crippen LogP contribution is 2.30. The van der Waals surface area contributed by atoms with Crippen LogP contribution in [0, 0.1) is 0 Å². The Labute approximate surface area is 93.5 Å². The zero-order chi connectivity index (χ0) is 11.5. The fourth-order valence-corrected chi connectivity index (χ4v) is 1.64. The van der Waals surface area contributed by atoms with Crippen LogP contribution >= 0.6 is 0 Å². The maximum absolute atomic E-state index is 10.9. The van der Waals surface area contributed by atoms with E-state index in [1.54, 1.807) is 17.9 Å². The number of benzene rings is 1. The van der Waals surface area contributed by atoms with E-state index in [4.69, 9.17) is 4.74 Å². The average Bonchev–Trinajstić information content (AvgIpc) is 2.74. The largest absolute Gasteiger partial charge is 0.495 e. The number of aldehydes is 1. The van der Waals surface area contributed by atoms with Crippen molar-refractivity contribution in [2.24, 2.45) is 7.05 Å². The number of hydrogen-bond donors (Lipinski definition) is 0. The molecule has 0 fully saturated rings. The minimum atomic E-state index is 0.533. The van der Waals surface area contributed by atoms with E-state index in [9.17, 15) is 4.79 Å². The summed E-state index contributed by atoms with van der Waals surface area (Å²) in [4.78, 5) is 10.9. The van der Waals surface area contributed by atoms with Crippen LogP contribution in [0.25, 0.3) is 11.3 Å². The van der Waals surface area contributed by atoms with Crippen molar-refractivity contribution in [3.63, 3.8) is 0 Å². The number of hydrogen-bond acceptors (Lipinski definition) is 3. The Hall–Kier alpha value is -2.10. The lowest BCUT2D eigenvalue weighted by molar-refractivity contribution is 0.112. The summed E-state index contributed by atoms with van der Waals surface area (Å²) in [6, 6.07) is 7.30. The lowest BCUT2D eigenvalue weighted by Crippen LogP contribution is -1.95. The second kappa shape index (κ2) is 4.18. The predicted octanol–water partition coefficient (Wildman–Crippen LogP) is 1.91. The average molecular weight is 216 g/mol. The monoisotopic (exact) mass is 216 g/mol. The maximum atomic E-state index is 10.9. The summed E-state index contributed by atoms with van der Waals surface area (Å²) in [7, 11) is 3.40. The quantitative estimate of drug-likeness (QED) is 0.736. The van der Waals surface area contributed by atoms with E-state index >= 15 is 0 Å². The molecular formula is C12H12N2O2. The number of methoxy groups -OCH3 is 1. The molecule has 4 heteroatoms. The predicted molar refractivity (Wildman–Crippen MR) is 60.6 cm³/mol. The van der Waals surface area contributed by atoms with Gasteiger partial charge in [0.05, 0.1) is 18.4 Å². The Kier molecular flexibility index (Phi) is 2.72. The van der Waals surface area contributed by atoms with Crippen LogP contribution in [-0.2, 0) is 7.05 Å². The topological polar surface area (TPSA) is 44.1 Å². The Balaban J connectivity index is 2.60. The third-order valence-corrected chi connectivity index (χ3v) is 2.37. The zero-order valence-electron chi connectivity index (χ0n) is 9.18. The van der Waals surface area contributed by atoms with Crippen LogP contribution in [0.5, 0.6) is 5.75 Å². The first-order valence-corrected chi connectivity index (χ1v) is 4.88. The second-order valence-electron chi connectivity index (χ2n) is 3.42. The molecule has 0 bridgehead atoms. The van der Waals surface area contributed by atoms with E-state index in [2.05, 4.69) is 5.10 Å². The first-order chi connectivity index (χ1) is 7.76. The van der Waals surface area contributed by atoms with Crippen LogP contribution < -0.4 is 4.74 Å². The fraction of sp³-hybridized carbons (Fsp3) is 0.167. The third kappa shape index (κ3) is 1.69. The lowest BCUT2D eigenvalue weighted by atomic mass is 10.1. The summed E-state index contributed by atoms with van der Waals surface area (Å²) in [5.41, 5.74) is 2.15. The van der Waals surface area contributed by atoms with E-state index in [1.807, 2.05) is 31.4 Å². The number of aryl methyl sites for hydroxylation is 1. The molecule has 0 spiro atoms. The normalized spacial score (nSPS) is 10.1. The van der Waals surface area contributed by atoms with Crippen molar-refractivity contribution < 1.29 is 9.53 Å². The highest BCUT2D eigenvalue weighted by atomic mass is 16.5. The first kappa shape index (κ1) is 10.4. The minimum Gasteiger partial charge on any atom is -0.495 e. The van der Waals surface area contributed by atoms with Crippen molar-refractivity contribution in [1.29, 1.82) is 0 Å². The molecule has 0 radical (unpaired) electrons. The van der Waals surface area contributed by atoms with Crippen molar-refractivity contribution >= 4 is 6.29 Å². The van der Waals surface area contributed by atoms with Crippen LogP contribution in [0.3, 0.4) is 0 Å². The SMILES string of the molecule is COc1c(C=O)cccc1-c1ccn(C)n1. The van der Waals surface area contributed by atoms with E-state index < -0.39 is 0 Å². The van der Waals surface area contributed by atoms with Crippen LogP contribution in [-0.4, -0.2) is 23.2 Å². The van der Waals surface area contributed by atoms with E-state index in [0.29, 0.717) is 11.3 Å². The fourth-order valence-electron chi connectivity index (χ4n) is 1.64. The van der Waals surface area contributed by atoms with Crippen LogP contribution in [0.2, 0.25) is 0 Å².